The summed E-state index contributed by atoms with van der Waals surface area (Å²) >= 11 is 0. The second-order valence-electron chi connectivity index (χ2n) is 8.49. The fourth-order valence-electron chi connectivity index (χ4n) is 4.44. The van der Waals surface area contributed by atoms with Crippen LogP contribution in [0.25, 0.3) is 0 Å². The molecule has 4 aliphatic heterocycles. The molecule has 1 unspecified atom stereocenters. The average Bonchev–Trinajstić information content (AvgIpc) is 2.87. The lowest BCUT2D eigenvalue weighted by molar-refractivity contribution is 0.0616. The van der Waals surface area contributed by atoms with Gasteiger partial charge in [-0.05, 0) is 57.8 Å². The highest BCUT2D eigenvalue weighted by molar-refractivity contribution is 7.90. The van der Waals surface area contributed by atoms with Crippen LogP contribution >= 0.6 is 0 Å². The largest absolute Gasteiger partial charge is 0.486 e. The van der Waals surface area contributed by atoms with Crippen molar-refractivity contribution in [3.8, 4) is 5.75 Å². The van der Waals surface area contributed by atoms with E-state index in [0.29, 0.717) is 23.7 Å². The smallest absolute Gasteiger partial charge is 0.255 e. The maximum Gasteiger partial charge on any atom is 0.255 e. The number of nitrogens with zero attached hydrogens (tertiary/aromatic N) is 1. The van der Waals surface area contributed by atoms with Gasteiger partial charge in [-0.15, -0.1) is 0 Å². The zero-order chi connectivity index (χ0) is 18.7. The van der Waals surface area contributed by atoms with E-state index in [4.69, 9.17) is 4.74 Å². The van der Waals surface area contributed by atoms with Gasteiger partial charge in [0.25, 0.3) is 5.91 Å². The van der Waals surface area contributed by atoms with Gasteiger partial charge in [-0.1, -0.05) is 0 Å². The Hall–Kier alpha value is -1.60. The first-order valence-corrected chi connectivity index (χ1v) is 11.1. The number of ether oxygens (including phenoxy) is 1. The molecule has 0 saturated carbocycles. The number of hydrogen-bond donors (Lipinski definition) is 1. The number of sulfone groups is 1. The molecule has 2 bridgehead atoms. The summed E-state index contributed by atoms with van der Waals surface area (Å²) in [5.41, 5.74) is 0.685. The molecule has 0 aliphatic carbocycles. The summed E-state index contributed by atoms with van der Waals surface area (Å²) in [5.74, 6) is 0.803. The number of piperidine rings is 3. The Kier molecular flexibility index (Phi) is 4.08. The topological polar surface area (TPSA) is 75.7 Å². The molecule has 6 nitrogen and oxygen atoms in total. The highest BCUT2D eigenvalue weighted by Crippen LogP contribution is 2.39. The standard InChI is InChI=1S/C19H26N2O4S/c1-19(2)10-13-8-14(26(3,23)24)9-15(17(13)25-19)18(22)20-16-11-21-6-4-12(16)5-7-21/h8-9,12,16H,4-7,10-11H2,1-3H3,(H,20,22). The van der Waals surface area contributed by atoms with Crippen LogP contribution in [0.4, 0.5) is 0 Å². The molecule has 7 heteroatoms. The zero-order valence-corrected chi connectivity index (χ0v) is 16.4. The van der Waals surface area contributed by atoms with Gasteiger partial charge in [0.1, 0.15) is 11.4 Å². The van der Waals surface area contributed by atoms with Crippen molar-refractivity contribution in [3.05, 3.63) is 23.3 Å². The zero-order valence-electron chi connectivity index (χ0n) is 15.5. The van der Waals surface area contributed by atoms with Gasteiger partial charge < -0.3 is 15.0 Å². The van der Waals surface area contributed by atoms with Crippen molar-refractivity contribution in [3.63, 3.8) is 0 Å². The van der Waals surface area contributed by atoms with Crippen LogP contribution in [0.5, 0.6) is 5.75 Å². The number of carbonyl (C=O) groups is 1. The molecule has 4 aliphatic rings. The lowest BCUT2D eigenvalue weighted by Crippen LogP contribution is -2.57. The van der Waals surface area contributed by atoms with E-state index in [-0.39, 0.29) is 16.8 Å². The van der Waals surface area contributed by atoms with Crippen LogP contribution in [-0.4, -0.2) is 56.8 Å². The summed E-state index contributed by atoms with van der Waals surface area (Å²) < 4.78 is 30.2. The molecule has 26 heavy (non-hydrogen) atoms. The molecule has 5 rings (SSSR count). The van der Waals surface area contributed by atoms with Gasteiger partial charge in [-0.2, -0.15) is 0 Å². The number of nitrogens with one attached hydrogen (secondary N) is 1. The average molecular weight is 378 g/mol. The van der Waals surface area contributed by atoms with Crippen LogP contribution in [0.2, 0.25) is 0 Å². The summed E-state index contributed by atoms with van der Waals surface area (Å²) in [4.78, 5) is 15.6. The number of amides is 1. The third kappa shape index (κ3) is 3.22. The van der Waals surface area contributed by atoms with Crippen molar-refractivity contribution < 1.29 is 17.9 Å². The predicted molar refractivity (Wildman–Crippen MR) is 98.4 cm³/mol. The Morgan fingerprint density at radius 3 is 2.54 bits per heavy atom. The van der Waals surface area contributed by atoms with Crippen molar-refractivity contribution in [1.29, 1.82) is 0 Å². The first-order valence-electron chi connectivity index (χ1n) is 9.22. The Labute approximate surface area is 154 Å². The summed E-state index contributed by atoms with van der Waals surface area (Å²) in [6, 6.07) is 3.23. The fraction of sp³-hybridized carbons (Fsp3) is 0.632. The Bertz CT molecular complexity index is 855. The highest BCUT2D eigenvalue weighted by atomic mass is 32.2. The Balaban J connectivity index is 1.67. The third-order valence-electron chi connectivity index (χ3n) is 5.78. The van der Waals surface area contributed by atoms with E-state index >= 15 is 0 Å². The summed E-state index contributed by atoms with van der Waals surface area (Å²) in [6.45, 7) is 6.97. The van der Waals surface area contributed by atoms with Crippen LogP contribution in [0, 0.1) is 5.92 Å². The second-order valence-corrected chi connectivity index (χ2v) is 10.5. The van der Waals surface area contributed by atoms with E-state index in [9.17, 15) is 13.2 Å². The molecule has 3 saturated heterocycles. The van der Waals surface area contributed by atoms with Gasteiger partial charge in [0, 0.05) is 30.8 Å². The molecule has 1 aromatic rings. The minimum absolute atomic E-state index is 0.122. The van der Waals surface area contributed by atoms with Crippen LogP contribution < -0.4 is 10.1 Å². The number of hydrogen-bond acceptors (Lipinski definition) is 5. The number of benzene rings is 1. The Morgan fingerprint density at radius 1 is 1.27 bits per heavy atom. The molecule has 0 spiro atoms. The van der Waals surface area contributed by atoms with E-state index in [1.165, 1.54) is 12.3 Å². The maximum atomic E-state index is 13.0. The summed E-state index contributed by atoms with van der Waals surface area (Å²) in [7, 11) is -3.40. The van der Waals surface area contributed by atoms with Gasteiger partial charge in [-0.3, -0.25) is 4.79 Å². The van der Waals surface area contributed by atoms with Gasteiger partial charge >= 0.3 is 0 Å². The lowest BCUT2D eigenvalue weighted by atomic mass is 9.84. The summed E-state index contributed by atoms with van der Waals surface area (Å²) in [6.07, 6.45) is 3.97. The monoisotopic (exact) mass is 378 g/mol. The summed E-state index contributed by atoms with van der Waals surface area (Å²) in [5, 5.41) is 3.15. The molecular weight excluding hydrogens is 352 g/mol. The third-order valence-corrected chi connectivity index (χ3v) is 6.87. The van der Waals surface area contributed by atoms with Gasteiger partial charge in [0.05, 0.1) is 10.5 Å². The predicted octanol–water partition coefficient (Wildman–Crippen LogP) is 1.63. The second kappa shape index (κ2) is 5.96. The SMILES string of the molecule is CC1(C)Cc2cc(S(C)(=O)=O)cc(C(=O)NC3CN4CCC3CC4)c2O1. The molecular formula is C19H26N2O4S. The normalized spacial score (nSPS) is 29.1. The highest BCUT2D eigenvalue weighted by Gasteiger charge is 2.38. The van der Waals surface area contributed by atoms with Crippen molar-refractivity contribution in [2.45, 2.75) is 49.6 Å². The van der Waals surface area contributed by atoms with Gasteiger partial charge in [0.2, 0.25) is 0 Å². The molecule has 3 fully saturated rings. The van der Waals surface area contributed by atoms with E-state index in [1.807, 2.05) is 13.8 Å². The number of carbonyl (C=O) groups excluding carboxylic acids is 1. The number of fused-ring (bicyclic) bond motifs is 4. The van der Waals surface area contributed by atoms with Crippen molar-refractivity contribution in [2.75, 3.05) is 25.9 Å². The lowest BCUT2D eigenvalue weighted by Gasteiger charge is -2.44. The first-order chi connectivity index (χ1) is 12.1. The van der Waals surface area contributed by atoms with Crippen LogP contribution in [0.1, 0.15) is 42.6 Å². The fourth-order valence-corrected chi connectivity index (χ4v) is 5.13. The maximum absolute atomic E-state index is 13.0. The Morgan fingerprint density at radius 2 is 1.96 bits per heavy atom. The van der Waals surface area contributed by atoms with Crippen LogP contribution in [-0.2, 0) is 16.3 Å². The molecule has 1 atom stereocenters. The minimum atomic E-state index is -3.40. The van der Waals surface area contributed by atoms with E-state index in [2.05, 4.69) is 10.2 Å². The molecule has 142 valence electrons. The first kappa shape index (κ1) is 17.8. The molecule has 0 aromatic heterocycles. The molecule has 0 radical (unpaired) electrons. The molecule has 1 N–H and O–H groups in total. The number of rotatable bonds is 3. The van der Waals surface area contributed by atoms with E-state index in [0.717, 1.165) is 38.0 Å². The van der Waals surface area contributed by atoms with E-state index < -0.39 is 15.4 Å². The van der Waals surface area contributed by atoms with Crippen LogP contribution in [0.15, 0.2) is 17.0 Å². The minimum Gasteiger partial charge on any atom is -0.486 e. The van der Waals surface area contributed by atoms with Gasteiger partial charge in [0.15, 0.2) is 9.84 Å². The van der Waals surface area contributed by atoms with Gasteiger partial charge in [-0.25, -0.2) is 8.42 Å². The van der Waals surface area contributed by atoms with Crippen molar-refractivity contribution >= 4 is 15.7 Å². The van der Waals surface area contributed by atoms with Crippen LogP contribution in [0.3, 0.4) is 0 Å². The molecule has 1 amide bonds. The molecule has 4 heterocycles. The van der Waals surface area contributed by atoms with Crippen molar-refractivity contribution in [1.82, 2.24) is 10.2 Å². The van der Waals surface area contributed by atoms with E-state index in [1.54, 1.807) is 6.07 Å². The van der Waals surface area contributed by atoms with Crippen molar-refractivity contribution in [2.24, 2.45) is 5.92 Å². The quantitative estimate of drug-likeness (QED) is 0.865. The molecule has 1 aromatic carbocycles.